The monoisotopic (exact) mass is 349 g/mol. The lowest BCUT2D eigenvalue weighted by molar-refractivity contribution is 0.000299. The summed E-state index contributed by atoms with van der Waals surface area (Å²) in [5.41, 5.74) is -0.473. The van der Waals surface area contributed by atoms with Crippen molar-refractivity contribution in [2.75, 3.05) is 26.3 Å². The number of carbonyl (C=O) groups is 1. The fraction of sp³-hybridized carbons (Fsp3) is 0.632. The zero-order valence-electron chi connectivity index (χ0n) is 15.4. The van der Waals surface area contributed by atoms with Gasteiger partial charge in [0.1, 0.15) is 30.7 Å². The van der Waals surface area contributed by atoms with Gasteiger partial charge in [-0.25, -0.2) is 4.79 Å². The van der Waals surface area contributed by atoms with E-state index >= 15 is 0 Å². The van der Waals surface area contributed by atoms with Crippen molar-refractivity contribution in [3.8, 4) is 17.2 Å². The van der Waals surface area contributed by atoms with Crippen LogP contribution in [0.4, 0.5) is 4.79 Å². The SMILES string of the molecule is CC1CN(C(=O)OC(C)(C)C)CCC1Oc1ccc2c(c1)OCCO2. The number of benzene rings is 1. The first-order valence-corrected chi connectivity index (χ1v) is 8.86. The van der Waals surface area contributed by atoms with Gasteiger partial charge in [-0.2, -0.15) is 0 Å². The van der Waals surface area contributed by atoms with Crippen molar-refractivity contribution >= 4 is 6.09 Å². The lowest BCUT2D eigenvalue weighted by atomic mass is 9.96. The van der Waals surface area contributed by atoms with Gasteiger partial charge in [0.2, 0.25) is 0 Å². The molecule has 0 saturated carbocycles. The topological polar surface area (TPSA) is 57.2 Å². The first kappa shape index (κ1) is 17.7. The molecule has 6 nitrogen and oxygen atoms in total. The number of nitrogens with zero attached hydrogens (tertiary/aromatic N) is 1. The highest BCUT2D eigenvalue weighted by atomic mass is 16.6. The molecule has 1 aromatic carbocycles. The minimum atomic E-state index is -0.473. The van der Waals surface area contributed by atoms with E-state index in [1.807, 2.05) is 39.0 Å². The van der Waals surface area contributed by atoms with E-state index in [4.69, 9.17) is 18.9 Å². The number of hydrogen-bond acceptors (Lipinski definition) is 5. The molecule has 0 spiro atoms. The molecule has 0 aromatic heterocycles. The Morgan fingerprint density at radius 2 is 1.92 bits per heavy atom. The highest BCUT2D eigenvalue weighted by molar-refractivity contribution is 5.68. The molecule has 0 aliphatic carbocycles. The molecule has 1 aromatic rings. The summed E-state index contributed by atoms with van der Waals surface area (Å²) >= 11 is 0. The largest absolute Gasteiger partial charge is 0.490 e. The van der Waals surface area contributed by atoms with Crippen molar-refractivity contribution < 1.29 is 23.7 Å². The Morgan fingerprint density at radius 3 is 2.60 bits per heavy atom. The predicted molar refractivity (Wildman–Crippen MR) is 93.4 cm³/mol. The Morgan fingerprint density at radius 1 is 1.20 bits per heavy atom. The smallest absolute Gasteiger partial charge is 0.410 e. The third-order valence-corrected chi connectivity index (χ3v) is 4.28. The van der Waals surface area contributed by atoms with Gasteiger partial charge in [0.25, 0.3) is 0 Å². The Kier molecular flexibility index (Phi) is 4.97. The van der Waals surface area contributed by atoms with Gasteiger partial charge in [-0.05, 0) is 32.9 Å². The maximum atomic E-state index is 12.2. The predicted octanol–water partition coefficient (Wildman–Crippen LogP) is 3.48. The number of amides is 1. The van der Waals surface area contributed by atoms with Gasteiger partial charge >= 0.3 is 6.09 Å². The summed E-state index contributed by atoms with van der Waals surface area (Å²) in [6.07, 6.45) is 0.577. The van der Waals surface area contributed by atoms with Crippen LogP contribution in [0, 0.1) is 5.92 Å². The van der Waals surface area contributed by atoms with E-state index in [2.05, 4.69) is 6.92 Å². The van der Waals surface area contributed by atoms with Crippen LogP contribution in [0.2, 0.25) is 0 Å². The maximum Gasteiger partial charge on any atom is 0.410 e. The zero-order chi connectivity index (χ0) is 18.0. The number of carbonyl (C=O) groups excluding carboxylic acids is 1. The van der Waals surface area contributed by atoms with Crippen LogP contribution in [0.15, 0.2) is 18.2 Å². The molecule has 2 unspecified atom stereocenters. The normalized spacial score (nSPS) is 23.1. The maximum absolute atomic E-state index is 12.2. The molecule has 1 saturated heterocycles. The lowest BCUT2D eigenvalue weighted by Crippen LogP contribution is -2.48. The van der Waals surface area contributed by atoms with Gasteiger partial charge in [0.15, 0.2) is 11.5 Å². The molecular weight excluding hydrogens is 322 g/mol. The molecule has 2 heterocycles. The average molecular weight is 349 g/mol. The summed E-state index contributed by atoms with van der Waals surface area (Å²) in [6, 6.07) is 5.66. The second-order valence-electron chi connectivity index (χ2n) is 7.65. The van der Waals surface area contributed by atoms with Crippen LogP contribution >= 0.6 is 0 Å². The molecular formula is C19H27NO5. The van der Waals surface area contributed by atoms with E-state index in [-0.39, 0.29) is 18.1 Å². The molecule has 2 aliphatic rings. The van der Waals surface area contributed by atoms with E-state index in [1.54, 1.807) is 4.90 Å². The van der Waals surface area contributed by atoms with Gasteiger partial charge in [0.05, 0.1) is 0 Å². The van der Waals surface area contributed by atoms with Crippen LogP contribution in [0.1, 0.15) is 34.1 Å². The van der Waals surface area contributed by atoms with Crippen LogP contribution < -0.4 is 14.2 Å². The minimum absolute atomic E-state index is 0.0567. The number of likely N-dealkylation sites (tertiary alicyclic amines) is 1. The molecule has 3 rings (SSSR count). The highest BCUT2D eigenvalue weighted by Gasteiger charge is 2.32. The number of rotatable bonds is 2. The average Bonchev–Trinajstić information content (AvgIpc) is 2.55. The van der Waals surface area contributed by atoms with Gasteiger partial charge in [-0.1, -0.05) is 6.92 Å². The Hall–Kier alpha value is -2.11. The Labute approximate surface area is 149 Å². The van der Waals surface area contributed by atoms with Crippen LogP contribution in [-0.4, -0.2) is 49.0 Å². The van der Waals surface area contributed by atoms with Crippen molar-refractivity contribution in [1.82, 2.24) is 4.90 Å². The number of piperidine rings is 1. The summed E-state index contributed by atoms with van der Waals surface area (Å²) < 4.78 is 22.7. The number of hydrogen-bond donors (Lipinski definition) is 0. The standard InChI is InChI=1S/C19H27NO5/c1-13-12-20(18(21)25-19(2,3)4)8-7-15(13)24-14-5-6-16-17(11-14)23-10-9-22-16/h5-6,11,13,15H,7-10,12H2,1-4H3. The Bertz CT molecular complexity index is 625. The van der Waals surface area contributed by atoms with Crippen LogP contribution in [0.5, 0.6) is 17.2 Å². The Balaban J connectivity index is 1.58. The van der Waals surface area contributed by atoms with Crippen molar-refractivity contribution in [2.24, 2.45) is 5.92 Å². The molecule has 0 N–H and O–H groups in total. The third kappa shape index (κ3) is 4.50. The van der Waals surface area contributed by atoms with E-state index in [0.717, 1.165) is 23.7 Å². The number of ether oxygens (including phenoxy) is 4. The van der Waals surface area contributed by atoms with Crippen molar-refractivity contribution in [3.05, 3.63) is 18.2 Å². The van der Waals surface area contributed by atoms with E-state index in [0.29, 0.717) is 26.3 Å². The first-order valence-electron chi connectivity index (χ1n) is 8.86. The molecule has 1 fully saturated rings. The van der Waals surface area contributed by atoms with Gasteiger partial charge in [-0.3, -0.25) is 0 Å². The van der Waals surface area contributed by atoms with Crippen LogP contribution in [0.3, 0.4) is 0 Å². The van der Waals surface area contributed by atoms with Gasteiger partial charge in [0, 0.05) is 31.5 Å². The van der Waals surface area contributed by atoms with Crippen LogP contribution in [-0.2, 0) is 4.74 Å². The fourth-order valence-corrected chi connectivity index (χ4v) is 3.06. The molecule has 0 radical (unpaired) electrons. The zero-order valence-corrected chi connectivity index (χ0v) is 15.4. The van der Waals surface area contributed by atoms with Crippen molar-refractivity contribution in [2.45, 2.75) is 45.8 Å². The van der Waals surface area contributed by atoms with Crippen molar-refractivity contribution in [3.63, 3.8) is 0 Å². The summed E-state index contributed by atoms with van der Waals surface area (Å²) in [5, 5.41) is 0. The van der Waals surface area contributed by atoms with E-state index in [9.17, 15) is 4.79 Å². The second kappa shape index (κ2) is 7.02. The lowest BCUT2D eigenvalue weighted by Gasteiger charge is -2.37. The fourth-order valence-electron chi connectivity index (χ4n) is 3.06. The first-order chi connectivity index (χ1) is 11.8. The van der Waals surface area contributed by atoms with E-state index < -0.39 is 5.60 Å². The molecule has 25 heavy (non-hydrogen) atoms. The number of fused-ring (bicyclic) bond motifs is 1. The minimum Gasteiger partial charge on any atom is -0.490 e. The molecule has 1 amide bonds. The van der Waals surface area contributed by atoms with Crippen molar-refractivity contribution in [1.29, 1.82) is 0 Å². The molecule has 2 aliphatic heterocycles. The quantitative estimate of drug-likeness (QED) is 0.818. The second-order valence-corrected chi connectivity index (χ2v) is 7.65. The summed E-state index contributed by atoms with van der Waals surface area (Å²) in [7, 11) is 0. The third-order valence-electron chi connectivity index (χ3n) is 4.28. The van der Waals surface area contributed by atoms with Gasteiger partial charge in [-0.15, -0.1) is 0 Å². The van der Waals surface area contributed by atoms with E-state index in [1.165, 1.54) is 0 Å². The molecule has 2 atom stereocenters. The molecule has 6 heteroatoms. The molecule has 138 valence electrons. The summed E-state index contributed by atoms with van der Waals surface area (Å²) in [5.74, 6) is 2.47. The van der Waals surface area contributed by atoms with Crippen LogP contribution in [0.25, 0.3) is 0 Å². The summed E-state index contributed by atoms with van der Waals surface area (Å²) in [4.78, 5) is 14.0. The summed E-state index contributed by atoms with van der Waals surface area (Å²) in [6.45, 7) is 10.1. The van der Waals surface area contributed by atoms with Gasteiger partial charge < -0.3 is 23.8 Å². The highest BCUT2D eigenvalue weighted by Crippen LogP contribution is 2.35. The molecule has 0 bridgehead atoms.